The zero-order chi connectivity index (χ0) is 43.0. The Kier molecular flexibility index (Phi) is 15.2. The summed E-state index contributed by atoms with van der Waals surface area (Å²) in [5.74, 6) is -1.21. The fourth-order valence-corrected chi connectivity index (χ4v) is 8.32. The summed E-state index contributed by atoms with van der Waals surface area (Å²) >= 11 is 0. The van der Waals surface area contributed by atoms with Crippen LogP contribution in [0, 0.1) is 5.92 Å². The molecule has 4 aliphatic heterocycles. The van der Waals surface area contributed by atoms with Crippen molar-refractivity contribution in [3.05, 3.63) is 108 Å². The van der Waals surface area contributed by atoms with E-state index in [1.165, 1.54) is 24.0 Å². The Bertz CT molecular complexity index is 2340. The third-order valence-corrected chi connectivity index (χ3v) is 11.8. The number of hydrogen-bond acceptors (Lipinski definition) is 7. The quantitative estimate of drug-likeness (QED) is 0.0927. The number of aromatic nitrogens is 1. The number of nitrogens with zero attached hydrogens (tertiary/aromatic N) is 3. The summed E-state index contributed by atoms with van der Waals surface area (Å²) in [6.07, 6.45) is 20.1. The van der Waals surface area contributed by atoms with Gasteiger partial charge in [-0.3, -0.25) is 9.59 Å². The van der Waals surface area contributed by atoms with E-state index in [0.717, 1.165) is 76.8 Å². The third-order valence-electron chi connectivity index (χ3n) is 11.8. The van der Waals surface area contributed by atoms with Gasteiger partial charge in [0.2, 0.25) is 0 Å². The molecule has 5 heterocycles. The molecule has 10 nitrogen and oxygen atoms in total. The van der Waals surface area contributed by atoms with Gasteiger partial charge in [-0.1, -0.05) is 43.6 Å². The molecule has 0 aromatic carbocycles. The number of H-pyrrole nitrogens is 1. The summed E-state index contributed by atoms with van der Waals surface area (Å²) in [4.78, 5) is 42.1. The number of aliphatic hydroxyl groups is 2. The molecule has 1 aromatic heterocycles. The van der Waals surface area contributed by atoms with Gasteiger partial charge in [0.15, 0.2) is 0 Å². The van der Waals surface area contributed by atoms with Gasteiger partial charge in [-0.15, -0.1) is 0 Å². The number of hydrogen-bond donors (Lipinski definition) is 5. The smallest absolute Gasteiger partial charge is 0.303 e. The van der Waals surface area contributed by atoms with Gasteiger partial charge in [-0.25, -0.2) is 15.0 Å². The average Bonchev–Trinajstić information content (AvgIpc) is 3.85. The Labute approximate surface area is 348 Å². The lowest BCUT2D eigenvalue weighted by Gasteiger charge is -2.14. The van der Waals surface area contributed by atoms with Gasteiger partial charge in [0.1, 0.15) is 0 Å². The Morgan fingerprint density at radius 3 is 1.98 bits per heavy atom. The van der Waals surface area contributed by atoms with Crippen LogP contribution in [0.25, 0.3) is 18.4 Å². The first-order valence-corrected chi connectivity index (χ1v) is 21.1. The number of rotatable bonds is 18. The topological polar surface area (TPSA) is 168 Å². The van der Waals surface area contributed by atoms with Gasteiger partial charge in [0, 0.05) is 29.3 Å². The van der Waals surface area contributed by atoms with E-state index in [1.807, 2.05) is 45.1 Å². The highest BCUT2D eigenvalue weighted by atomic mass is 16.4. The molecular weight excluding hydrogens is 741 g/mol. The standard InChI is InChI=1S/C49H62N4O6/c1-9-34-31(6)39-25-45-49(46(55)18-12-17-30(5)16-11-15-29(4)14-10-13-28(2)3)33(8)40(52-45)24-44-37(27-54)36(20-22-48(58)59)43(53-44)26-42-35(19-21-47(56)57)32(7)38(51-42)23-41(34)50-39/h13,17,23-27,29,46,53-55H,9-12,14-16,18-22H2,1-8H3,(H,56,57)(H,58,59)/b30-17+,37-27?,41-23?,42-26?,44-24?,45-25?/t29?,46-/m0/s1. The maximum atomic E-state index is 11.9. The number of nitrogens with one attached hydrogen (secondary N) is 1. The van der Waals surface area contributed by atoms with E-state index in [1.54, 1.807) is 0 Å². The molecule has 0 radical (unpaired) electrons. The summed E-state index contributed by atoms with van der Waals surface area (Å²) in [6.45, 7) is 16.8. The van der Waals surface area contributed by atoms with Crippen molar-refractivity contribution in [2.75, 3.05) is 0 Å². The number of aliphatic hydroxyl groups excluding tert-OH is 2. The second-order valence-corrected chi connectivity index (χ2v) is 16.6. The first kappa shape index (κ1) is 44.7. The molecular formula is C49H62N4O6. The Morgan fingerprint density at radius 1 is 0.746 bits per heavy atom. The summed E-state index contributed by atoms with van der Waals surface area (Å²) in [6, 6.07) is 0. The SMILES string of the molecule is CCC1=C(C)C2=NC1=CC1=NC(=Cc3[nH]c(c(=CO)c3CCC(=O)O)=CC3=NC(=C2)C([C@@H](O)CC/C=C(\C)CCCC(C)CCC=C(C)C)=C3C)C(CCC(=O)O)=C1C. The van der Waals surface area contributed by atoms with Gasteiger partial charge in [-0.2, -0.15) is 0 Å². The number of allylic oxidation sites excluding steroid dienone is 11. The fraction of sp³-hybridized carbons (Fsp3) is 0.449. The van der Waals surface area contributed by atoms with Gasteiger partial charge in [-0.05, 0) is 163 Å². The molecule has 2 atom stereocenters. The molecule has 0 aliphatic carbocycles. The van der Waals surface area contributed by atoms with Crippen molar-refractivity contribution < 1.29 is 30.0 Å². The van der Waals surface area contributed by atoms with Crippen LogP contribution in [-0.2, 0) is 16.0 Å². The maximum absolute atomic E-state index is 11.9. The third kappa shape index (κ3) is 11.0. The van der Waals surface area contributed by atoms with Crippen LogP contribution in [-0.4, -0.2) is 60.6 Å². The molecule has 1 unspecified atom stereocenters. The molecule has 4 aliphatic rings. The number of carboxylic acid groups (broad SMARTS) is 2. The van der Waals surface area contributed by atoms with Crippen LogP contribution in [0.5, 0.6) is 0 Å². The zero-order valence-corrected chi connectivity index (χ0v) is 36.1. The van der Waals surface area contributed by atoms with Crippen LogP contribution in [0.2, 0.25) is 0 Å². The second kappa shape index (κ2) is 20.1. The van der Waals surface area contributed by atoms with E-state index < -0.39 is 18.0 Å². The monoisotopic (exact) mass is 802 g/mol. The molecule has 5 N–H and O–H groups in total. The van der Waals surface area contributed by atoms with E-state index >= 15 is 0 Å². The molecule has 314 valence electrons. The lowest BCUT2D eigenvalue weighted by atomic mass is 9.94. The zero-order valence-electron chi connectivity index (χ0n) is 36.1. The molecule has 0 fully saturated rings. The number of carbonyl (C=O) groups is 2. The fourth-order valence-electron chi connectivity index (χ4n) is 8.32. The molecule has 0 amide bonds. The molecule has 5 rings (SSSR count). The lowest BCUT2D eigenvalue weighted by molar-refractivity contribution is -0.138. The summed E-state index contributed by atoms with van der Waals surface area (Å²) in [7, 11) is 0. The predicted octanol–water partition coefficient (Wildman–Crippen LogP) is 9.46. The summed E-state index contributed by atoms with van der Waals surface area (Å²) < 4.78 is 0. The van der Waals surface area contributed by atoms with E-state index in [2.05, 4.69) is 51.8 Å². The number of aliphatic carboxylic acids is 2. The van der Waals surface area contributed by atoms with Gasteiger partial charge in [0.05, 0.1) is 51.9 Å². The van der Waals surface area contributed by atoms with E-state index in [0.29, 0.717) is 63.4 Å². The molecule has 10 heteroatoms. The molecule has 0 saturated heterocycles. The van der Waals surface area contributed by atoms with Crippen molar-refractivity contribution in [1.82, 2.24) is 4.98 Å². The number of fused-ring (bicyclic) bond motifs is 5. The van der Waals surface area contributed by atoms with E-state index in [-0.39, 0.29) is 25.7 Å². The number of aliphatic imine (C=N–C) groups is 3. The van der Waals surface area contributed by atoms with Gasteiger partial charge < -0.3 is 25.4 Å². The molecule has 1 aromatic rings. The molecule has 8 bridgehead atoms. The van der Waals surface area contributed by atoms with Crippen LogP contribution >= 0.6 is 0 Å². The first-order chi connectivity index (χ1) is 28.1. The minimum Gasteiger partial charge on any atom is -0.515 e. The average molecular weight is 803 g/mol. The first-order valence-electron chi connectivity index (χ1n) is 21.1. The number of carboxylic acids is 2. The van der Waals surface area contributed by atoms with Crippen molar-refractivity contribution in [3.63, 3.8) is 0 Å². The molecule has 0 spiro atoms. The second-order valence-electron chi connectivity index (χ2n) is 16.6. The van der Waals surface area contributed by atoms with Crippen molar-refractivity contribution in [2.24, 2.45) is 20.9 Å². The largest absolute Gasteiger partial charge is 0.515 e. The highest BCUT2D eigenvalue weighted by molar-refractivity contribution is 6.24. The van der Waals surface area contributed by atoms with Gasteiger partial charge >= 0.3 is 11.9 Å². The van der Waals surface area contributed by atoms with Crippen molar-refractivity contribution in [2.45, 2.75) is 139 Å². The van der Waals surface area contributed by atoms with Crippen molar-refractivity contribution >= 4 is 47.5 Å². The molecule has 0 saturated carbocycles. The Morgan fingerprint density at radius 2 is 1.34 bits per heavy atom. The molecule has 59 heavy (non-hydrogen) atoms. The van der Waals surface area contributed by atoms with Crippen LogP contribution in [0.4, 0.5) is 0 Å². The highest BCUT2D eigenvalue weighted by Crippen LogP contribution is 2.37. The summed E-state index contributed by atoms with van der Waals surface area (Å²) in [5.41, 5.74) is 13.0. The van der Waals surface area contributed by atoms with Crippen molar-refractivity contribution in [3.8, 4) is 0 Å². The Balaban J connectivity index is 1.56. The van der Waals surface area contributed by atoms with Crippen molar-refractivity contribution in [1.29, 1.82) is 0 Å². The van der Waals surface area contributed by atoms with E-state index in [4.69, 9.17) is 15.0 Å². The van der Waals surface area contributed by atoms with E-state index in [9.17, 15) is 30.0 Å². The number of aromatic amines is 1. The minimum atomic E-state index is -0.979. The summed E-state index contributed by atoms with van der Waals surface area (Å²) in [5, 5.41) is 42.7. The predicted molar refractivity (Wildman–Crippen MR) is 240 cm³/mol. The Hall–Kier alpha value is -5.35. The normalized spacial score (nSPS) is 18.0. The maximum Gasteiger partial charge on any atom is 0.303 e. The van der Waals surface area contributed by atoms with Crippen LogP contribution < -0.4 is 10.6 Å². The van der Waals surface area contributed by atoms with Crippen LogP contribution in [0.15, 0.2) is 101 Å². The lowest BCUT2D eigenvalue weighted by Crippen LogP contribution is -2.27. The minimum absolute atomic E-state index is 0.0873. The van der Waals surface area contributed by atoms with Crippen LogP contribution in [0.1, 0.15) is 137 Å². The van der Waals surface area contributed by atoms with Gasteiger partial charge in [0.25, 0.3) is 0 Å². The van der Waals surface area contributed by atoms with Crippen LogP contribution in [0.3, 0.4) is 0 Å². The highest BCUT2D eigenvalue weighted by Gasteiger charge is 2.29.